The lowest BCUT2D eigenvalue weighted by Crippen LogP contribution is -2.44. The van der Waals surface area contributed by atoms with Gasteiger partial charge in [-0.05, 0) is 19.1 Å². The summed E-state index contributed by atoms with van der Waals surface area (Å²) >= 11 is 6.83. The summed E-state index contributed by atoms with van der Waals surface area (Å²) in [5.41, 5.74) is 0. The summed E-state index contributed by atoms with van der Waals surface area (Å²) in [6.07, 6.45) is -0.0565. The highest BCUT2D eigenvalue weighted by atomic mass is 35.5. The van der Waals surface area contributed by atoms with E-state index in [-0.39, 0.29) is 6.10 Å². The Morgan fingerprint density at radius 2 is 2.31 bits per heavy atom. The van der Waals surface area contributed by atoms with Crippen LogP contribution in [0.15, 0.2) is 16.3 Å². The monoisotopic (exact) mass is 281 g/mol. The molecule has 0 bridgehead atoms. The van der Waals surface area contributed by atoms with E-state index in [1.54, 1.807) is 12.1 Å². The van der Waals surface area contributed by atoms with Crippen LogP contribution in [0.3, 0.4) is 0 Å². The summed E-state index contributed by atoms with van der Waals surface area (Å²) in [7, 11) is -3.39. The van der Waals surface area contributed by atoms with Crippen LogP contribution in [0.5, 0.6) is 0 Å². The van der Waals surface area contributed by atoms with Crippen LogP contribution in [-0.2, 0) is 14.8 Å². The second-order valence-corrected chi connectivity index (χ2v) is 7.48. The molecule has 1 aromatic heterocycles. The van der Waals surface area contributed by atoms with E-state index in [4.69, 9.17) is 16.3 Å². The van der Waals surface area contributed by atoms with E-state index < -0.39 is 10.0 Å². The van der Waals surface area contributed by atoms with Gasteiger partial charge >= 0.3 is 0 Å². The van der Waals surface area contributed by atoms with Gasteiger partial charge in [-0.15, -0.1) is 11.3 Å². The van der Waals surface area contributed by atoms with Gasteiger partial charge in [0.05, 0.1) is 17.0 Å². The molecule has 0 amide bonds. The van der Waals surface area contributed by atoms with Crippen LogP contribution >= 0.6 is 22.9 Å². The van der Waals surface area contributed by atoms with Crippen molar-refractivity contribution in [2.24, 2.45) is 0 Å². The molecule has 1 atom stereocenters. The van der Waals surface area contributed by atoms with Crippen molar-refractivity contribution in [2.45, 2.75) is 17.2 Å². The molecule has 1 saturated heterocycles. The molecule has 1 aliphatic heterocycles. The summed E-state index contributed by atoms with van der Waals surface area (Å²) in [5.74, 6) is 0. The van der Waals surface area contributed by atoms with E-state index in [9.17, 15) is 8.42 Å². The summed E-state index contributed by atoms with van der Waals surface area (Å²) in [5, 5.41) is 0. The first kappa shape index (κ1) is 12.3. The average molecular weight is 282 g/mol. The second-order valence-electron chi connectivity index (χ2n) is 3.60. The molecule has 0 aliphatic carbocycles. The van der Waals surface area contributed by atoms with Gasteiger partial charge in [-0.3, -0.25) is 0 Å². The lowest BCUT2D eigenvalue weighted by atomic mass is 10.3. The number of nitrogens with zero attached hydrogens (tertiary/aromatic N) is 1. The maximum atomic E-state index is 12.2. The molecule has 0 saturated carbocycles. The van der Waals surface area contributed by atoms with E-state index in [1.807, 2.05) is 6.92 Å². The lowest BCUT2D eigenvalue weighted by molar-refractivity contribution is 0.0102. The highest BCUT2D eigenvalue weighted by Crippen LogP contribution is 2.28. The Labute approximate surface area is 104 Å². The summed E-state index contributed by atoms with van der Waals surface area (Å²) in [6, 6.07) is 3.14. The topological polar surface area (TPSA) is 46.6 Å². The molecule has 2 rings (SSSR count). The largest absolute Gasteiger partial charge is 0.376 e. The van der Waals surface area contributed by atoms with Gasteiger partial charge in [0.15, 0.2) is 0 Å². The zero-order valence-electron chi connectivity index (χ0n) is 8.72. The van der Waals surface area contributed by atoms with Gasteiger partial charge in [-0.2, -0.15) is 4.31 Å². The third kappa shape index (κ3) is 2.41. The lowest BCUT2D eigenvalue weighted by Gasteiger charge is -2.29. The van der Waals surface area contributed by atoms with Gasteiger partial charge in [-0.1, -0.05) is 11.6 Å². The van der Waals surface area contributed by atoms with Crippen LogP contribution in [0.1, 0.15) is 6.92 Å². The van der Waals surface area contributed by atoms with Crippen molar-refractivity contribution >= 4 is 33.0 Å². The molecule has 0 radical (unpaired) electrons. The molecular formula is C9H12ClNO3S2. The van der Waals surface area contributed by atoms with Gasteiger partial charge in [0.1, 0.15) is 4.21 Å². The normalized spacial score (nSPS) is 23.5. The average Bonchev–Trinajstić information content (AvgIpc) is 2.65. The van der Waals surface area contributed by atoms with Crippen LogP contribution in [-0.4, -0.2) is 38.5 Å². The van der Waals surface area contributed by atoms with E-state index in [1.165, 1.54) is 4.31 Å². The molecule has 4 nitrogen and oxygen atoms in total. The van der Waals surface area contributed by atoms with Crippen molar-refractivity contribution in [2.75, 3.05) is 19.7 Å². The van der Waals surface area contributed by atoms with Crippen molar-refractivity contribution in [3.05, 3.63) is 16.5 Å². The standard InChI is InChI=1S/C9H12ClNO3S2/c1-7-6-11(4-5-14-7)16(12,13)9-3-2-8(10)15-9/h2-3,7H,4-6H2,1H3/t7-/m0/s1. The fraction of sp³-hybridized carbons (Fsp3) is 0.556. The number of rotatable bonds is 2. The number of sulfonamides is 1. The second kappa shape index (κ2) is 4.62. The van der Waals surface area contributed by atoms with Crippen molar-refractivity contribution in [3.63, 3.8) is 0 Å². The highest BCUT2D eigenvalue weighted by Gasteiger charge is 2.30. The molecule has 7 heteroatoms. The predicted octanol–water partition coefficient (Wildman–Crippen LogP) is 1.81. The van der Waals surface area contributed by atoms with E-state index in [0.717, 1.165) is 11.3 Å². The van der Waals surface area contributed by atoms with E-state index in [2.05, 4.69) is 0 Å². The number of thiophene rings is 1. The van der Waals surface area contributed by atoms with Crippen LogP contribution < -0.4 is 0 Å². The molecule has 2 heterocycles. The molecule has 1 aliphatic rings. The number of ether oxygens (including phenoxy) is 1. The smallest absolute Gasteiger partial charge is 0.252 e. The van der Waals surface area contributed by atoms with Crippen LogP contribution in [0.25, 0.3) is 0 Å². The number of morpholine rings is 1. The number of hydrogen-bond donors (Lipinski definition) is 0. The first-order valence-corrected chi connectivity index (χ1v) is 7.50. The molecule has 1 aromatic rings. The third-order valence-electron chi connectivity index (χ3n) is 2.35. The minimum Gasteiger partial charge on any atom is -0.376 e. The van der Waals surface area contributed by atoms with Gasteiger partial charge in [0.2, 0.25) is 0 Å². The first-order valence-electron chi connectivity index (χ1n) is 4.87. The summed E-state index contributed by atoms with van der Waals surface area (Å²) < 4.78 is 31.9. The van der Waals surface area contributed by atoms with E-state index in [0.29, 0.717) is 28.2 Å². The molecule has 0 N–H and O–H groups in total. The Kier molecular flexibility index (Phi) is 3.56. The maximum Gasteiger partial charge on any atom is 0.252 e. The van der Waals surface area contributed by atoms with Gasteiger partial charge in [-0.25, -0.2) is 8.42 Å². The zero-order valence-corrected chi connectivity index (χ0v) is 11.1. The van der Waals surface area contributed by atoms with Crippen LogP contribution in [0, 0.1) is 0 Å². The quantitative estimate of drug-likeness (QED) is 0.831. The maximum absolute atomic E-state index is 12.2. The van der Waals surface area contributed by atoms with Gasteiger partial charge < -0.3 is 4.74 Å². The molecule has 16 heavy (non-hydrogen) atoms. The summed E-state index contributed by atoms with van der Waals surface area (Å²) in [6.45, 7) is 3.11. The first-order chi connectivity index (χ1) is 7.50. The molecule has 1 fully saturated rings. The molecular weight excluding hydrogens is 270 g/mol. The molecule has 0 aromatic carbocycles. The van der Waals surface area contributed by atoms with Gasteiger partial charge in [0, 0.05) is 13.1 Å². The summed E-state index contributed by atoms with van der Waals surface area (Å²) in [4.78, 5) is 0. The Balaban J connectivity index is 2.25. The van der Waals surface area contributed by atoms with Crippen molar-refractivity contribution in [3.8, 4) is 0 Å². The highest BCUT2D eigenvalue weighted by molar-refractivity contribution is 7.91. The SMILES string of the molecule is C[C@H]1CN(S(=O)(=O)c2ccc(Cl)s2)CCO1. The zero-order chi connectivity index (χ0) is 11.8. The van der Waals surface area contributed by atoms with Gasteiger partial charge in [0.25, 0.3) is 10.0 Å². The fourth-order valence-corrected chi connectivity index (χ4v) is 4.70. The molecule has 0 spiro atoms. The number of hydrogen-bond acceptors (Lipinski definition) is 4. The van der Waals surface area contributed by atoms with Crippen molar-refractivity contribution in [1.82, 2.24) is 4.31 Å². The van der Waals surface area contributed by atoms with E-state index >= 15 is 0 Å². The fourth-order valence-electron chi connectivity index (χ4n) is 1.57. The Morgan fingerprint density at radius 3 is 2.88 bits per heavy atom. The van der Waals surface area contributed by atoms with Crippen molar-refractivity contribution in [1.29, 1.82) is 0 Å². The Hall–Kier alpha value is -0.140. The Bertz CT molecular complexity index is 471. The Morgan fingerprint density at radius 1 is 1.56 bits per heavy atom. The predicted molar refractivity (Wildman–Crippen MR) is 63.5 cm³/mol. The third-order valence-corrected chi connectivity index (χ3v) is 5.91. The minimum atomic E-state index is -3.39. The van der Waals surface area contributed by atoms with Crippen LogP contribution in [0.4, 0.5) is 0 Å². The minimum absolute atomic E-state index is 0.0565. The number of halogens is 1. The van der Waals surface area contributed by atoms with Crippen molar-refractivity contribution < 1.29 is 13.2 Å². The molecule has 90 valence electrons. The molecule has 0 unspecified atom stereocenters. The van der Waals surface area contributed by atoms with Crippen LogP contribution in [0.2, 0.25) is 4.34 Å².